The van der Waals surface area contributed by atoms with Crippen LogP contribution in [0.15, 0.2) is 11.6 Å². The third-order valence-electron chi connectivity index (χ3n) is 12.1. The molecule has 4 rings (SSSR count). The van der Waals surface area contributed by atoms with Crippen molar-refractivity contribution in [2.24, 2.45) is 52.1 Å². The first-order chi connectivity index (χ1) is 16.6. The summed E-state index contributed by atoms with van der Waals surface area (Å²) in [4.78, 5) is 0. The minimum absolute atomic E-state index is 0.344. The maximum absolute atomic E-state index is 11.5. The van der Waals surface area contributed by atoms with Crippen LogP contribution in [0, 0.1) is 46.3 Å². The van der Waals surface area contributed by atoms with E-state index >= 15 is 0 Å². The Hall–Kier alpha value is -0.340. The summed E-state index contributed by atoms with van der Waals surface area (Å²) >= 11 is 0. The maximum atomic E-state index is 11.5. The van der Waals surface area contributed by atoms with Crippen molar-refractivity contribution in [3.63, 3.8) is 0 Å². The van der Waals surface area contributed by atoms with Gasteiger partial charge in [-0.2, -0.15) is 0 Å². The molecule has 0 amide bonds. The number of rotatable bonds is 11. The quantitative estimate of drug-likeness (QED) is 0.227. The molecule has 1 unspecified atom stereocenters. The molecule has 35 heavy (non-hydrogen) atoms. The first-order valence-electron chi connectivity index (χ1n) is 15.7. The summed E-state index contributed by atoms with van der Waals surface area (Å²) in [5.41, 5.74) is 7.75. The monoisotopic (exact) mass is 485 g/mol. The summed E-state index contributed by atoms with van der Waals surface area (Å²) in [7, 11) is 0. The number of nitrogens with two attached hydrogens (primary N) is 1. The second-order valence-electron chi connectivity index (χ2n) is 14.6. The van der Waals surface area contributed by atoms with Crippen LogP contribution in [0.4, 0.5) is 0 Å². The highest BCUT2D eigenvalue weighted by Crippen LogP contribution is 2.68. The van der Waals surface area contributed by atoms with E-state index in [4.69, 9.17) is 5.73 Å². The van der Waals surface area contributed by atoms with Crippen molar-refractivity contribution < 1.29 is 5.11 Å². The Labute approximate surface area is 218 Å². The molecule has 4 aliphatic rings. The third-order valence-corrected chi connectivity index (χ3v) is 12.1. The second-order valence-corrected chi connectivity index (χ2v) is 14.6. The van der Waals surface area contributed by atoms with Crippen LogP contribution < -0.4 is 5.73 Å². The average Bonchev–Trinajstić information content (AvgIpc) is 3.16. The van der Waals surface area contributed by atoms with Crippen LogP contribution in [0.25, 0.3) is 0 Å². The Balaban J connectivity index is 1.40. The summed E-state index contributed by atoms with van der Waals surface area (Å²) in [5.74, 6) is 5.34. The minimum atomic E-state index is -0.450. The first-order valence-corrected chi connectivity index (χ1v) is 15.7. The number of unbranched alkanes of at least 4 members (excludes halogenated alkanes) is 3. The first kappa shape index (κ1) is 27.7. The van der Waals surface area contributed by atoms with Crippen LogP contribution in [-0.4, -0.2) is 17.3 Å². The van der Waals surface area contributed by atoms with Gasteiger partial charge in [-0.05, 0) is 117 Å². The van der Waals surface area contributed by atoms with Crippen LogP contribution in [0.1, 0.15) is 137 Å². The Kier molecular flexibility index (Phi) is 8.85. The van der Waals surface area contributed by atoms with Crippen molar-refractivity contribution in [1.82, 2.24) is 0 Å². The van der Waals surface area contributed by atoms with Crippen LogP contribution in [0.5, 0.6) is 0 Å². The Morgan fingerprint density at radius 1 is 0.914 bits per heavy atom. The fraction of sp³-hybridized carbons (Fsp3) is 0.939. The van der Waals surface area contributed by atoms with Gasteiger partial charge in [0.1, 0.15) is 0 Å². The second kappa shape index (κ2) is 11.2. The van der Waals surface area contributed by atoms with Gasteiger partial charge in [-0.1, -0.05) is 84.8 Å². The van der Waals surface area contributed by atoms with E-state index in [9.17, 15) is 5.11 Å². The van der Waals surface area contributed by atoms with E-state index in [0.29, 0.717) is 10.8 Å². The molecule has 0 spiro atoms. The van der Waals surface area contributed by atoms with E-state index in [1.165, 1.54) is 70.6 Å². The van der Waals surface area contributed by atoms with Crippen molar-refractivity contribution in [3.05, 3.63) is 11.6 Å². The molecule has 202 valence electrons. The Bertz CT molecular complexity index is 729. The average molecular weight is 486 g/mol. The molecule has 0 aromatic heterocycles. The van der Waals surface area contributed by atoms with Gasteiger partial charge < -0.3 is 10.8 Å². The molecule has 0 radical (unpaired) electrons. The van der Waals surface area contributed by atoms with Crippen LogP contribution in [-0.2, 0) is 0 Å². The number of fused-ring (bicyclic) bond motifs is 5. The molecule has 0 aromatic carbocycles. The van der Waals surface area contributed by atoms with Crippen molar-refractivity contribution >= 4 is 0 Å². The van der Waals surface area contributed by atoms with E-state index in [0.717, 1.165) is 74.2 Å². The molecule has 3 saturated carbocycles. The van der Waals surface area contributed by atoms with E-state index in [-0.39, 0.29) is 0 Å². The number of hydrogen-bond donors (Lipinski definition) is 2. The van der Waals surface area contributed by atoms with Gasteiger partial charge >= 0.3 is 0 Å². The third kappa shape index (κ3) is 5.59. The molecule has 2 nitrogen and oxygen atoms in total. The predicted octanol–water partition coefficient (Wildman–Crippen LogP) is 8.67. The fourth-order valence-electron chi connectivity index (χ4n) is 9.90. The SMILES string of the molecule is CC(C)CCC[C@@H](C)[C@H]1CC[C@H]2[C@@H]3CC=C4CC(O)(CCCCCCN)CC[C@]4(C)[C@H]3CC[C@]12C. The molecule has 3 fully saturated rings. The van der Waals surface area contributed by atoms with E-state index in [2.05, 4.69) is 40.7 Å². The van der Waals surface area contributed by atoms with Crippen molar-refractivity contribution in [2.45, 2.75) is 143 Å². The molecular weight excluding hydrogens is 426 g/mol. The molecular formula is C33H59NO. The summed E-state index contributed by atoms with van der Waals surface area (Å²) < 4.78 is 0. The summed E-state index contributed by atoms with van der Waals surface area (Å²) in [6.07, 6.45) is 22.9. The zero-order valence-corrected chi connectivity index (χ0v) is 24.1. The lowest BCUT2D eigenvalue weighted by atomic mass is 9.46. The smallest absolute Gasteiger partial charge is 0.0685 e. The van der Waals surface area contributed by atoms with Gasteiger partial charge in [-0.3, -0.25) is 0 Å². The van der Waals surface area contributed by atoms with Gasteiger partial charge in [-0.25, -0.2) is 0 Å². The molecule has 0 saturated heterocycles. The van der Waals surface area contributed by atoms with Gasteiger partial charge in [0.05, 0.1) is 5.60 Å². The summed E-state index contributed by atoms with van der Waals surface area (Å²) in [5, 5.41) is 11.5. The van der Waals surface area contributed by atoms with Gasteiger partial charge in [0.25, 0.3) is 0 Å². The molecule has 0 aromatic rings. The molecule has 4 aliphatic carbocycles. The Morgan fingerprint density at radius 3 is 2.43 bits per heavy atom. The molecule has 8 atom stereocenters. The number of aliphatic hydroxyl groups is 1. The van der Waals surface area contributed by atoms with Crippen LogP contribution >= 0.6 is 0 Å². The highest BCUT2D eigenvalue weighted by atomic mass is 16.3. The topological polar surface area (TPSA) is 46.2 Å². The fourth-order valence-corrected chi connectivity index (χ4v) is 9.90. The minimum Gasteiger partial charge on any atom is -0.390 e. The zero-order valence-electron chi connectivity index (χ0n) is 24.1. The molecule has 0 bridgehead atoms. The molecule has 0 aliphatic heterocycles. The normalized spacial score (nSPS) is 41.8. The zero-order chi connectivity index (χ0) is 25.3. The summed E-state index contributed by atoms with van der Waals surface area (Å²) in [6.45, 7) is 13.4. The van der Waals surface area contributed by atoms with E-state index < -0.39 is 5.60 Å². The van der Waals surface area contributed by atoms with Gasteiger partial charge in [-0.15, -0.1) is 0 Å². The number of allylic oxidation sites excluding steroid dienone is 1. The van der Waals surface area contributed by atoms with Crippen LogP contribution in [0.3, 0.4) is 0 Å². The van der Waals surface area contributed by atoms with Gasteiger partial charge in [0.15, 0.2) is 0 Å². The highest BCUT2D eigenvalue weighted by Gasteiger charge is 2.59. The van der Waals surface area contributed by atoms with E-state index in [1.54, 1.807) is 5.57 Å². The number of hydrogen-bond acceptors (Lipinski definition) is 2. The standard InChI is InChI=1S/C33H59NO/c1-24(2)11-10-12-25(3)28-15-16-29-27-14-13-26-23-33(35,18-8-6-7-9-22-34)21-20-31(26,4)30(27)17-19-32(28,29)5/h13,24-25,27-30,35H,6-12,14-23,34H2,1-5H3/t25-,27+,28-,29+,30+,31+,32-,33?/m1/s1. The van der Waals surface area contributed by atoms with Crippen molar-refractivity contribution in [3.8, 4) is 0 Å². The molecule has 3 N–H and O–H groups in total. The maximum Gasteiger partial charge on any atom is 0.0685 e. The van der Waals surface area contributed by atoms with Gasteiger partial charge in [0, 0.05) is 0 Å². The van der Waals surface area contributed by atoms with Crippen molar-refractivity contribution in [1.29, 1.82) is 0 Å². The van der Waals surface area contributed by atoms with Crippen LogP contribution in [0.2, 0.25) is 0 Å². The largest absolute Gasteiger partial charge is 0.390 e. The molecule has 0 heterocycles. The lowest BCUT2D eigenvalue weighted by Crippen LogP contribution is -2.52. The lowest BCUT2D eigenvalue weighted by molar-refractivity contribution is -0.0771. The van der Waals surface area contributed by atoms with Crippen molar-refractivity contribution in [2.75, 3.05) is 6.54 Å². The lowest BCUT2D eigenvalue weighted by Gasteiger charge is -2.59. The highest BCUT2D eigenvalue weighted by molar-refractivity contribution is 5.27. The Morgan fingerprint density at radius 2 is 1.69 bits per heavy atom. The van der Waals surface area contributed by atoms with E-state index in [1.807, 2.05) is 0 Å². The summed E-state index contributed by atoms with van der Waals surface area (Å²) in [6, 6.07) is 0. The molecule has 2 heteroatoms. The van der Waals surface area contributed by atoms with Gasteiger partial charge in [0.2, 0.25) is 0 Å². The predicted molar refractivity (Wildman–Crippen MR) is 150 cm³/mol.